The van der Waals surface area contributed by atoms with E-state index >= 15 is 0 Å². The van der Waals surface area contributed by atoms with Gasteiger partial charge in [0.15, 0.2) is 0 Å². The van der Waals surface area contributed by atoms with Gasteiger partial charge < -0.3 is 15.4 Å². The highest BCUT2D eigenvalue weighted by Gasteiger charge is 2.05. The number of carbonyl (C=O) groups is 2. The van der Waals surface area contributed by atoms with Crippen molar-refractivity contribution in [1.82, 2.24) is 4.57 Å². The summed E-state index contributed by atoms with van der Waals surface area (Å²) in [6.45, 7) is -0.486. The Kier molecular flexibility index (Phi) is 2.66. The number of hydrogen-bond donors (Lipinski definition) is 2. The highest BCUT2D eigenvalue weighted by Crippen LogP contribution is 1.93. The minimum atomic E-state index is -1.16. The molecule has 0 aliphatic heterocycles. The monoisotopic (exact) mass is 196 g/mol. The topological polar surface area (TPSA) is 102 Å². The van der Waals surface area contributed by atoms with Gasteiger partial charge in [-0.2, -0.15) is 0 Å². The average molecular weight is 196 g/mol. The molecule has 1 heterocycles. The largest absolute Gasteiger partial charge is 0.480 e. The van der Waals surface area contributed by atoms with E-state index in [-0.39, 0.29) is 5.56 Å². The molecule has 0 fully saturated rings. The number of nitrogens with zero attached hydrogens (tertiary/aromatic N) is 1. The molecule has 1 amide bonds. The van der Waals surface area contributed by atoms with E-state index in [1.165, 1.54) is 6.07 Å². The first-order valence-corrected chi connectivity index (χ1v) is 3.73. The van der Waals surface area contributed by atoms with E-state index in [0.717, 1.165) is 16.8 Å². The van der Waals surface area contributed by atoms with Crippen molar-refractivity contribution in [1.29, 1.82) is 0 Å². The highest BCUT2D eigenvalue weighted by molar-refractivity contribution is 5.92. The summed E-state index contributed by atoms with van der Waals surface area (Å²) < 4.78 is 0.905. The quantitative estimate of drug-likeness (QED) is 0.649. The van der Waals surface area contributed by atoms with Crippen LogP contribution in [0.2, 0.25) is 0 Å². The van der Waals surface area contributed by atoms with Gasteiger partial charge in [-0.05, 0) is 6.07 Å². The third-order valence-corrected chi connectivity index (χ3v) is 1.57. The van der Waals surface area contributed by atoms with Gasteiger partial charge in [-0.1, -0.05) is 0 Å². The number of nitrogens with two attached hydrogens (primary N) is 1. The van der Waals surface area contributed by atoms with Gasteiger partial charge in [-0.3, -0.25) is 14.4 Å². The molecule has 0 aliphatic carbocycles. The molecule has 74 valence electrons. The van der Waals surface area contributed by atoms with E-state index in [1.54, 1.807) is 0 Å². The summed E-state index contributed by atoms with van der Waals surface area (Å²) in [6.07, 6.45) is 1.12. The normalized spacial score (nSPS) is 9.71. The van der Waals surface area contributed by atoms with Crippen LogP contribution >= 0.6 is 0 Å². The second-order valence-electron chi connectivity index (χ2n) is 2.64. The first kappa shape index (κ1) is 9.97. The molecule has 0 atom stereocenters. The Balaban J connectivity index is 3.15. The van der Waals surface area contributed by atoms with Crippen molar-refractivity contribution >= 4 is 11.9 Å². The fourth-order valence-electron chi connectivity index (χ4n) is 0.946. The maximum atomic E-state index is 11.1. The molecule has 1 aromatic heterocycles. The molecule has 0 aliphatic rings. The molecular weight excluding hydrogens is 188 g/mol. The zero-order valence-electron chi connectivity index (χ0n) is 7.14. The van der Waals surface area contributed by atoms with Crippen LogP contribution in [0.1, 0.15) is 10.4 Å². The molecule has 3 N–H and O–H groups in total. The van der Waals surface area contributed by atoms with Gasteiger partial charge in [0.05, 0.1) is 5.56 Å². The van der Waals surface area contributed by atoms with Gasteiger partial charge in [0.2, 0.25) is 5.91 Å². The summed E-state index contributed by atoms with van der Waals surface area (Å²) in [5.41, 5.74) is 4.58. The number of aromatic nitrogens is 1. The minimum Gasteiger partial charge on any atom is -0.480 e. The Morgan fingerprint density at radius 1 is 1.43 bits per heavy atom. The molecule has 0 spiro atoms. The fraction of sp³-hybridized carbons (Fsp3) is 0.125. The molecular formula is C8H8N2O4. The van der Waals surface area contributed by atoms with E-state index in [2.05, 4.69) is 0 Å². The molecule has 6 nitrogen and oxygen atoms in total. The third kappa shape index (κ3) is 2.19. The van der Waals surface area contributed by atoms with Crippen LogP contribution in [0.15, 0.2) is 23.1 Å². The van der Waals surface area contributed by atoms with Gasteiger partial charge >= 0.3 is 5.97 Å². The Bertz CT molecular complexity index is 435. The summed E-state index contributed by atoms with van der Waals surface area (Å²) >= 11 is 0. The average Bonchev–Trinajstić information content (AvgIpc) is 2.07. The molecule has 6 heteroatoms. The molecule has 0 bridgehead atoms. The maximum Gasteiger partial charge on any atom is 0.323 e. The number of carboxylic acid groups (broad SMARTS) is 1. The molecule has 0 saturated heterocycles. The lowest BCUT2D eigenvalue weighted by Crippen LogP contribution is -2.25. The van der Waals surface area contributed by atoms with Crippen molar-refractivity contribution in [2.75, 3.05) is 0 Å². The lowest BCUT2D eigenvalue weighted by molar-refractivity contribution is -0.137. The zero-order chi connectivity index (χ0) is 10.7. The number of carboxylic acids is 1. The summed E-state index contributed by atoms with van der Waals surface area (Å²) in [5.74, 6) is -1.86. The van der Waals surface area contributed by atoms with Crippen molar-refractivity contribution in [3.8, 4) is 0 Å². The number of carbonyl (C=O) groups excluding carboxylic acids is 1. The van der Waals surface area contributed by atoms with E-state index in [4.69, 9.17) is 10.8 Å². The van der Waals surface area contributed by atoms with Gasteiger partial charge in [-0.25, -0.2) is 0 Å². The number of hydrogen-bond acceptors (Lipinski definition) is 3. The van der Waals surface area contributed by atoms with E-state index in [1.807, 2.05) is 0 Å². The smallest absolute Gasteiger partial charge is 0.323 e. The number of amides is 1. The third-order valence-electron chi connectivity index (χ3n) is 1.57. The first-order chi connectivity index (χ1) is 6.50. The summed E-state index contributed by atoms with van der Waals surface area (Å²) in [6, 6.07) is 2.35. The van der Waals surface area contributed by atoms with Crippen LogP contribution in [-0.4, -0.2) is 21.6 Å². The van der Waals surface area contributed by atoms with Gasteiger partial charge in [0.1, 0.15) is 6.54 Å². The Morgan fingerprint density at radius 2 is 2.07 bits per heavy atom. The van der Waals surface area contributed by atoms with Crippen LogP contribution < -0.4 is 11.3 Å². The minimum absolute atomic E-state index is 0.103. The molecule has 0 radical (unpaired) electrons. The summed E-state index contributed by atoms with van der Waals surface area (Å²) in [4.78, 5) is 32.1. The standard InChI is InChI=1S/C8H8N2O4/c9-8(14)5-1-2-6(11)10(3-5)4-7(12)13/h1-3H,4H2,(H2,9,14)(H,12,13). The van der Waals surface area contributed by atoms with Crippen molar-refractivity contribution in [2.24, 2.45) is 5.73 Å². The SMILES string of the molecule is NC(=O)c1ccc(=O)n(CC(=O)O)c1. The highest BCUT2D eigenvalue weighted by atomic mass is 16.4. The van der Waals surface area contributed by atoms with E-state index in [9.17, 15) is 14.4 Å². The molecule has 14 heavy (non-hydrogen) atoms. The molecule has 0 saturated carbocycles. The fourth-order valence-corrected chi connectivity index (χ4v) is 0.946. The predicted molar refractivity (Wildman–Crippen MR) is 46.9 cm³/mol. The Morgan fingerprint density at radius 3 is 2.57 bits per heavy atom. The lowest BCUT2D eigenvalue weighted by atomic mass is 10.3. The van der Waals surface area contributed by atoms with Crippen molar-refractivity contribution in [2.45, 2.75) is 6.54 Å². The van der Waals surface area contributed by atoms with E-state index in [0.29, 0.717) is 0 Å². The number of primary amides is 1. The second kappa shape index (κ2) is 3.73. The molecule has 1 rings (SSSR count). The zero-order valence-corrected chi connectivity index (χ0v) is 7.14. The molecule has 0 unspecified atom stereocenters. The number of rotatable bonds is 3. The second-order valence-corrected chi connectivity index (χ2v) is 2.64. The maximum absolute atomic E-state index is 11.1. The van der Waals surface area contributed by atoms with Crippen LogP contribution in [0.25, 0.3) is 0 Å². The Hall–Kier alpha value is -2.11. The van der Waals surface area contributed by atoms with Crippen LogP contribution in [-0.2, 0) is 11.3 Å². The van der Waals surface area contributed by atoms with Crippen molar-refractivity contribution in [3.05, 3.63) is 34.2 Å². The van der Waals surface area contributed by atoms with Crippen molar-refractivity contribution < 1.29 is 14.7 Å². The van der Waals surface area contributed by atoms with Crippen LogP contribution in [0.5, 0.6) is 0 Å². The Labute approximate surface area is 78.6 Å². The van der Waals surface area contributed by atoms with Crippen LogP contribution in [0.3, 0.4) is 0 Å². The van der Waals surface area contributed by atoms with Gasteiger partial charge in [-0.15, -0.1) is 0 Å². The molecule has 1 aromatic rings. The molecule has 0 aromatic carbocycles. The lowest BCUT2D eigenvalue weighted by Gasteiger charge is -2.02. The number of aliphatic carboxylic acids is 1. The summed E-state index contributed by atoms with van der Waals surface area (Å²) in [5, 5.41) is 8.44. The van der Waals surface area contributed by atoms with Crippen molar-refractivity contribution in [3.63, 3.8) is 0 Å². The van der Waals surface area contributed by atoms with Gasteiger partial charge in [0, 0.05) is 12.3 Å². The van der Waals surface area contributed by atoms with E-state index < -0.39 is 24.0 Å². The van der Waals surface area contributed by atoms with Crippen LogP contribution in [0.4, 0.5) is 0 Å². The predicted octanol–water partition coefficient (Wildman–Crippen LogP) is -0.968. The van der Waals surface area contributed by atoms with Gasteiger partial charge in [0.25, 0.3) is 5.56 Å². The first-order valence-electron chi connectivity index (χ1n) is 3.73. The number of pyridine rings is 1. The summed E-state index contributed by atoms with van der Waals surface area (Å²) in [7, 11) is 0. The van der Waals surface area contributed by atoms with Crippen LogP contribution in [0, 0.1) is 0 Å².